The van der Waals surface area contributed by atoms with E-state index in [0.29, 0.717) is 12.6 Å². The Hall–Kier alpha value is -1.04. The molecule has 0 aliphatic rings. The van der Waals surface area contributed by atoms with Crippen LogP contribution in [0.5, 0.6) is 5.75 Å². The minimum Gasteiger partial charge on any atom is -0.494 e. The Bertz CT molecular complexity index is 607. The normalized spacial score (nSPS) is 12.0. The summed E-state index contributed by atoms with van der Waals surface area (Å²) in [5.41, 5.74) is 1.84. The fourth-order valence-corrected chi connectivity index (χ4v) is 3.10. The van der Waals surface area contributed by atoms with Crippen LogP contribution in [0.2, 0.25) is 25.7 Å². The van der Waals surface area contributed by atoms with E-state index in [2.05, 4.69) is 24.6 Å². The molecule has 0 saturated carbocycles. The number of methoxy groups -OCH3 is 1. The highest BCUT2D eigenvalue weighted by Crippen LogP contribution is 2.27. The molecule has 0 N–H and O–H groups in total. The van der Waals surface area contributed by atoms with E-state index in [1.165, 1.54) is 0 Å². The molecule has 0 atom stereocenters. The topological polar surface area (TPSA) is 36.3 Å². The zero-order chi connectivity index (χ0) is 15.5. The molecular formula is C15H23ClN2O2Si. The van der Waals surface area contributed by atoms with Crippen LogP contribution in [0, 0.1) is 0 Å². The molecule has 0 aliphatic carbocycles. The summed E-state index contributed by atoms with van der Waals surface area (Å²) in [5.74, 6) is 1.96. The van der Waals surface area contributed by atoms with Gasteiger partial charge < -0.3 is 9.47 Å². The van der Waals surface area contributed by atoms with Gasteiger partial charge in [-0.15, -0.1) is 11.6 Å². The van der Waals surface area contributed by atoms with Gasteiger partial charge in [0.15, 0.2) is 0 Å². The van der Waals surface area contributed by atoms with Crippen molar-refractivity contribution in [3.05, 3.63) is 24.0 Å². The molecule has 0 fully saturated rings. The summed E-state index contributed by atoms with van der Waals surface area (Å²) in [6.07, 6.45) is 0. The van der Waals surface area contributed by atoms with Gasteiger partial charge in [0.05, 0.1) is 18.5 Å². The molecule has 4 nitrogen and oxygen atoms in total. The number of aromatic nitrogens is 2. The van der Waals surface area contributed by atoms with Gasteiger partial charge in [0.25, 0.3) is 0 Å². The number of hydrogen-bond donors (Lipinski definition) is 0. The van der Waals surface area contributed by atoms with Crippen LogP contribution in [0.3, 0.4) is 0 Å². The summed E-state index contributed by atoms with van der Waals surface area (Å²) in [7, 11) is 0.592. The van der Waals surface area contributed by atoms with Crippen LogP contribution >= 0.6 is 11.6 Å². The van der Waals surface area contributed by atoms with E-state index >= 15 is 0 Å². The van der Waals surface area contributed by atoms with E-state index in [4.69, 9.17) is 21.1 Å². The van der Waals surface area contributed by atoms with Gasteiger partial charge in [0.2, 0.25) is 0 Å². The van der Waals surface area contributed by atoms with E-state index in [0.717, 1.165) is 35.3 Å². The monoisotopic (exact) mass is 326 g/mol. The second-order valence-corrected chi connectivity index (χ2v) is 12.2. The maximum Gasteiger partial charge on any atom is 0.144 e. The molecule has 116 valence electrons. The quantitative estimate of drug-likeness (QED) is 0.436. The van der Waals surface area contributed by atoms with Crippen LogP contribution in [0.4, 0.5) is 0 Å². The number of hydrogen-bond acceptors (Lipinski definition) is 3. The lowest BCUT2D eigenvalue weighted by molar-refractivity contribution is 0.0881. The molecule has 0 saturated heterocycles. The lowest BCUT2D eigenvalue weighted by Gasteiger charge is -2.16. The van der Waals surface area contributed by atoms with Crippen LogP contribution < -0.4 is 4.74 Å². The molecule has 0 amide bonds. The summed E-state index contributed by atoms with van der Waals surface area (Å²) in [5, 5.41) is 0. The van der Waals surface area contributed by atoms with Gasteiger partial charge in [-0.05, 0) is 18.2 Å². The van der Waals surface area contributed by atoms with E-state index in [9.17, 15) is 0 Å². The molecule has 0 radical (unpaired) electrons. The molecule has 0 spiro atoms. The Morgan fingerprint density at radius 3 is 2.67 bits per heavy atom. The molecule has 6 heteroatoms. The zero-order valence-corrected chi connectivity index (χ0v) is 14.9. The fourth-order valence-electron chi connectivity index (χ4n) is 2.14. The van der Waals surface area contributed by atoms with Crippen molar-refractivity contribution in [3.8, 4) is 5.75 Å². The van der Waals surface area contributed by atoms with Gasteiger partial charge in [0.1, 0.15) is 23.8 Å². The molecule has 0 bridgehead atoms. The van der Waals surface area contributed by atoms with Gasteiger partial charge in [-0.2, -0.15) is 0 Å². The predicted octanol–water partition coefficient (Wildman–Crippen LogP) is 4.10. The Balaban J connectivity index is 2.21. The number of nitrogens with zero attached hydrogens (tertiary/aromatic N) is 2. The number of benzene rings is 1. The van der Waals surface area contributed by atoms with Crippen LogP contribution in [0.15, 0.2) is 18.2 Å². The van der Waals surface area contributed by atoms with Crippen molar-refractivity contribution in [3.63, 3.8) is 0 Å². The van der Waals surface area contributed by atoms with Crippen molar-refractivity contribution in [1.29, 1.82) is 0 Å². The number of alkyl halides is 1. The third kappa shape index (κ3) is 3.99. The van der Waals surface area contributed by atoms with E-state index < -0.39 is 8.07 Å². The average Bonchev–Trinajstić information content (AvgIpc) is 2.80. The second-order valence-electron chi connectivity index (χ2n) is 6.27. The van der Waals surface area contributed by atoms with Crippen molar-refractivity contribution >= 4 is 30.7 Å². The lowest BCUT2D eigenvalue weighted by atomic mass is 10.3. The lowest BCUT2D eigenvalue weighted by Crippen LogP contribution is -2.22. The predicted molar refractivity (Wildman–Crippen MR) is 89.9 cm³/mol. The highest BCUT2D eigenvalue weighted by Gasteiger charge is 2.15. The molecule has 0 aliphatic heterocycles. The third-order valence-electron chi connectivity index (χ3n) is 3.36. The number of fused-ring (bicyclic) bond motifs is 1. The molecule has 1 aromatic heterocycles. The first kappa shape index (κ1) is 16.3. The van der Waals surface area contributed by atoms with E-state index in [-0.39, 0.29) is 0 Å². The highest BCUT2D eigenvalue weighted by molar-refractivity contribution is 6.76. The summed E-state index contributed by atoms with van der Waals surface area (Å²) in [4.78, 5) is 4.55. The van der Waals surface area contributed by atoms with Gasteiger partial charge in [0, 0.05) is 14.7 Å². The van der Waals surface area contributed by atoms with E-state index in [1.54, 1.807) is 7.11 Å². The molecule has 2 aromatic rings. The number of ether oxygens (including phenoxy) is 2. The molecule has 1 heterocycles. The summed E-state index contributed by atoms with van der Waals surface area (Å²) < 4.78 is 13.3. The SMILES string of the molecule is COc1cccc2nc(CCl)n(COCC[Si](C)(C)C)c12. The maximum atomic E-state index is 6.01. The van der Waals surface area contributed by atoms with Crippen molar-refractivity contribution in [2.45, 2.75) is 38.3 Å². The summed E-state index contributed by atoms with van der Waals surface area (Å²) >= 11 is 6.01. The largest absolute Gasteiger partial charge is 0.494 e. The number of halogens is 1. The Kier molecular flexibility index (Phi) is 5.30. The molecule has 21 heavy (non-hydrogen) atoms. The van der Waals surface area contributed by atoms with Crippen molar-refractivity contribution in [1.82, 2.24) is 9.55 Å². The van der Waals surface area contributed by atoms with Crippen molar-refractivity contribution in [2.24, 2.45) is 0 Å². The minimum absolute atomic E-state index is 0.356. The van der Waals surface area contributed by atoms with Gasteiger partial charge in [-0.1, -0.05) is 25.7 Å². The second kappa shape index (κ2) is 6.81. The van der Waals surface area contributed by atoms with Crippen molar-refractivity contribution in [2.75, 3.05) is 13.7 Å². The highest BCUT2D eigenvalue weighted by atomic mass is 35.5. The van der Waals surface area contributed by atoms with Crippen LogP contribution in [-0.4, -0.2) is 31.3 Å². The minimum atomic E-state index is -1.07. The smallest absolute Gasteiger partial charge is 0.144 e. The van der Waals surface area contributed by atoms with Crippen LogP contribution in [0.25, 0.3) is 11.0 Å². The molecule has 2 rings (SSSR count). The first-order valence-electron chi connectivity index (χ1n) is 7.12. The number of imidazole rings is 1. The number of rotatable bonds is 7. The van der Waals surface area contributed by atoms with Gasteiger partial charge in [-0.25, -0.2) is 4.98 Å². The Morgan fingerprint density at radius 1 is 1.29 bits per heavy atom. The van der Waals surface area contributed by atoms with Gasteiger partial charge in [-0.3, -0.25) is 4.57 Å². The van der Waals surface area contributed by atoms with Crippen LogP contribution in [-0.2, 0) is 17.3 Å². The Morgan fingerprint density at radius 2 is 2.05 bits per heavy atom. The first-order valence-corrected chi connectivity index (χ1v) is 11.4. The maximum absolute atomic E-state index is 6.01. The molecule has 1 aromatic carbocycles. The third-order valence-corrected chi connectivity index (χ3v) is 5.31. The van der Waals surface area contributed by atoms with E-state index in [1.807, 2.05) is 22.8 Å². The van der Waals surface area contributed by atoms with Crippen molar-refractivity contribution < 1.29 is 9.47 Å². The first-order chi connectivity index (χ1) is 9.96. The standard InChI is InChI=1S/C15H23ClN2O2Si/c1-19-13-7-5-6-12-15(13)18(14(10-16)17-12)11-20-8-9-21(2,3)4/h5-7H,8-11H2,1-4H3. The Labute approximate surface area is 132 Å². The summed E-state index contributed by atoms with van der Waals surface area (Å²) in [6.45, 7) is 8.26. The van der Waals surface area contributed by atoms with Crippen LogP contribution in [0.1, 0.15) is 5.82 Å². The average molecular weight is 327 g/mol. The number of para-hydroxylation sites is 1. The fraction of sp³-hybridized carbons (Fsp3) is 0.533. The molecular weight excluding hydrogens is 304 g/mol. The summed E-state index contributed by atoms with van der Waals surface area (Å²) in [6, 6.07) is 6.97. The zero-order valence-electron chi connectivity index (χ0n) is 13.1. The van der Waals surface area contributed by atoms with Gasteiger partial charge >= 0.3 is 0 Å². The molecule has 0 unspecified atom stereocenters.